The Morgan fingerprint density at radius 2 is 2.23 bits per heavy atom. The molecule has 0 saturated carbocycles. The molecular weight excluding hydrogens is 172 g/mol. The third-order valence-corrected chi connectivity index (χ3v) is 1.68. The SMILES string of the molecule is COC(C)[C@@H](O)N/C=C(/C)C(N)=O. The van der Waals surface area contributed by atoms with Crippen molar-refractivity contribution < 1.29 is 14.6 Å². The van der Waals surface area contributed by atoms with Crippen LogP contribution in [0, 0.1) is 0 Å². The molecule has 0 aromatic rings. The van der Waals surface area contributed by atoms with E-state index in [1.165, 1.54) is 13.3 Å². The Labute approximate surface area is 77.6 Å². The second-order valence-corrected chi connectivity index (χ2v) is 2.74. The zero-order valence-corrected chi connectivity index (χ0v) is 8.07. The number of aliphatic hydroxyl groups is 1. The summed E-state index contributed by atoms with van der Waals surface area (Å²) in [6, 6.07) is 0. The normalized spacial score (nSPS) is 16.5. The molecule has 5 heteroatoms. The first-order chi connectivity index (χ1) is 5.99. The largest absolute Gasteiger partial charge is 0.377 e. The summed E-state index contributed by atoms with van der Waals surface area (Å²) in [5.74, 6) is -0.523. The summed E-state index contributed by atoms with van der Waals surface area (Å²) in [7, 11) is 1.49. The van der Waals surface area contributed by atoms with Crippen LogP contribution in [0.3, 0.4) is 0 Å². The Morgan fingerprint density at radius 3 is 2.62 bits per heavy atom. The van der Waals surface area contributed by atoms with Crippen LogP contribution >= 0.6 is 0 Å². The lowest BCUT2D eigenvalue weighted by Crippen LogP contribution is -2.36. The molecule has 0 aliphatic carbocycles. The van der Waals surface area contributed by atoms with Crippen LogP contribution in [0.15, 0.2) is 11.8 Å². The summed E-state index contributed by atoms with van der Waals surface area (Å²) < 4.78 is 4.85. The van der Waals surface area contributed by atoms with Gasteiger partial charge in [0.15, 0.2) is 0 Å². The molecule has 76 valence electrons. The molecule has 0 aromatic heterocycles. The van der Waals surface area contributed by atoms with E-state index in [4.69, 9.17) is 10.5 Å². The summed E-state index contributed by atoms with van der Waals surface area (Å²) in [5, 5.41) is 11.9. The summed E-state index contributed by atoms with van der Waals surface area (Å²) in [5.41, 5.74) is 5.32. The molecule has 0 bridgehead atoms. The lowest BCUT2D eigenvalue weighted by molar-refractivity contribution is -0.114. The highest BCUT2D eigenvalue weighted by Gasteiger charge is 2.10. The number of primary amides is 1. The van der Waals surface area contributed by atoms with Gasteiger partial charge in [0.1, 0.15) is 6.23 Å². The maximum absolute atomic E-state index is 10.6. The van der Waals surface area contributed by atoms with Crippen LogP contribution in [-0.4, -0.2) is 30.5 Å². The number of carbonyl (C=O) groups is 1. The van der Waals surface area contributed by atoms with Gasteiger partial charge in [0.05, 0.1) is 6.10 Å². The minimum atomic E-state index is -0.848. The van der Waals surface area contributed by atoms with E-state index in [0.717, 1.165) is 0 Å². The van der Waals surface area contributed by atoms with Crippen molar-refractivity contribution in [3.63, 3.8) is 0 Å². The van der Waals surface area contributed by atoms with Crippen LogP contribution in [0.25, 0.3) is 0 Å². The first-order valence-electron chi connectivity index (χ1n) is 3.92. The van der Waals surface area contributed by atoms with Crippen LogP contribution in [0.1, 0.15) is 13.8 Å². The smallest absolute Gasteiger partial charge is 0.245 e. The average molecular weight is 188 g/mol. The summed E-state index contributed by atoms with van der Waals surface area (Å²) in [4.78, 5) is 10.6. The molecule has 0 spiro atoms. The number of methoxy groups -OCH3 is 1. The van der Waals surface area contributed by atoms with Crippen LogP contribution in [0.5, 0.6) is 0 Å². The van der Waals surface area contributed by atoms with Crippen molar-refractivity contribution in [2.75, 3.05) is 7.11 Å². The van der Waals surface area contributed by atoms with Crippen molar-refractivity contribution in [3.05, 3.63) is 11.8 Å². The molecule has 0 aromatic carbocycles. The summed E-state index contributed by atoms with van der Waals surface area (Å²) >= 11 is 0. The lowest BCUT2D eigenvalue weighted by Gasteiger charge is -2.17. The molecule has 0 aliphatic heterocycles. The van der Waals surface area contributed by atoms with E-state index in [1.54, 1.807) is 13.8 Å². The van der Waals surface area contributed by atoms with E-state index >= 15 is 0 Å². The van der Waals surface area contributed by atoms with Crippen molar-refractivity contribution in [3.8, 4) is 0 Å². The fraction of sp³-hybridized carbons (Fsp3) is 0.625. The Bertz CT molecular complexity index is 204. The molecule has 0 radical (unpaired) electrons. The standard InChI is InChI=1S/C8H16N2O3/c1-5(7(9)11)4-10-8(12)6(2)13-3/h4,6,8,10,12H,1-3H3,(H2,9,11)/b5-4-/t6?,8-/m1/s1. The van der Waals surface area contributed by atoms with E-state index in [-0.39, 0.29) is 6.10 Å². The highest BCUT2D eigenvalue weighted by Crippen LogP contribution is 1.94. The molecule has 0 saturated heterocycles. The van der Waals surface area contributed by atoms with Gasteiger partial charge in [-0.05, 0) is 13.8 Å². The average Bonchev–Trinajstić information content (AvgIpc) is 2.11. The van der Waals surface area contributed by atoms with Crippen molar-refractivity contribution in [1.29, 1.82) is 0 Å². The Kier molecular flexibility index (Phi) is 5.10. The Hall–Kier alpha value is -1.07. The highest BCUT2D eigenvalue weighted by atomic mass is 16.5. The maximum Gasteiger partial charge on any atom is 0.245 e. The molecule has 2 atom stereocenters. The van der Waals surface area contributed by atoms with E-state index < -0.39 is 12.1 Å². The minimum Gasteiger partial charge on any atom is -0.377 e. The molecule has 4 N–H and O–H groups in total. The molecule has 0 rings (SSSR count). The van der Waals surface area contributed by atoms with Gasteiger partial charge in [-0.25, -0.2) is 0 Å². The molecule has 0 fully saturated rings. The van der Waals surface area contributed by atoms with Crippen LogP contribution in [0.2, 0.25) is 0 Å². The Balaban J connectivity index is 4.00. The van der Waals surface area contributed by atoms with Gasteiger partial charge in [0.2, 0.25) is 5.91 Å². The van der Waals surface area contributed by atoms with Crippen molar-refractivity contribution in [1.82, 2.24) is 5.32 Å². The van der Waals surface area contributed by atoms with Crippen LogP contribution < -0.4 is 11.1 Å². The fourth-order valence-corrected chi connectivity index (χ4v) is 0.546. The quantitative estimate of drug-likeness (QED) is 0.394. The number of hydrogen-bond donors (Lipinski definition) is 3. The first kappa shape index (κ1) is 11.9. The number of hydrogen-bond acceptors (Lipinski definition) is 4. The number of nitrogens with one attached hydrogen (secondary N) is 1. The molecular formula is C8H16N2O3. The van der Waals surface area contributed by atoms with Gasteiger partial charge in [0, 0.05) is 18.9 Å². The molecule has 0 aliphatic rings. The second-order valence-electron chi connectivity index (χ2n) is 2.74. The molecule has 0 heterocycles. The number of rotatable bonds is 5. The van der Waals surface area contributed by atoms with Crippen LogP contribution in [0.4, 0.5) is 0 Å². The van der Waals surface area contributed by atoms with Gasteiger partial charge in [-0.2, -0.15) is 0 Å². The second kappa shape index (κ2) is 5.55. The van der Waals surface area contributed by atoms with E-state index in [0.29, 0.717) is 5.57 Å². The minimum absolute atomic E-state index is 0.349. The zero-order chi connectivity index (χ0) is 10.4. The topological polar surface area (TPSA) is 84.6 Å². The molecule has 5 nitrogen and oxygen atoms in total. The van der Waals surface area contributed by atoms with E-state index in [2.05, 4.69) is 5.32 Å². The number of carbonyl (C=O) groups excluding carboxylic acids is 1. The maximum atomic E-state index is 10.6. The number of nitrogens with two attached hydrogens (primary N) is 1. The lowest BCUT2D eigenvalue weighted by atomic mass is 10.3. The predicted octanol–water partition coefficient (Wildman–Crippen LogP) is -0.682. The Morgan fingerprint density at radius 1 is 1.69 bits per heavy atom. The van der Waals surface area contributed by atoms with Crippen molar-refractivity contribution in [2.45, 2.75) is 26.2 Å². The van der Waals surface area contributed by atoms with Gasteiger partial charge in [0.25, 0.3) is 0 Å². The van der Waals surface area contributed by atoms with Crippen molar-refractivity contribution in [2.24, 2.45) is 5.73 Å². The van der Waals surface area contributed by atoms with Gasteiger partial charge >= 0.3 is 0 Å². The summed E-state index contributed by atoms with van der Waals surface area (Å²) in [6.07, 6.45) is 0.166. The van der Waals surface area contributed by atoms with Gasteiger partial charge in [-0.15, -0.1) is 0 Å². The van der Waals surface area contributed by atoms with Crippen LogP contribution in [-0.2, 0) is 9.53 Å². The van der Waals surface area contributed by atoms with E-state index in [1.807, 2.05) is 0 Å². The van der Waals surface area contributed by atoms with E-state index in [9.17, 15) is 9.90 Å². The van der Waals surface area contributed by atoms with Gasteiger partial charge in [-0.1, -0.05) is 0 Å². The number of amides is 1. The molecule has 1 amide bonds. The monoisotopic (exact) mass is 188 g/mol. The van der Waals surface area contributed by atoms with Crippen molar-refractivity contribution >= 4 is 5.91 Å². The number of ether oxygens (including phenoxy) is 1. The van der Waals surface area contributed by atoms with Gasteiger partial charge in [-0.3, -0.25) is 4.79 Å². The van der Waals surface area contributed by atoms with Gasteiger partial charge < -0.3 is 20.9 Å². The fourth-order valence-electron chi connectivity index (χ4n) is 0.546. The highest BCUT2D eigenvalue weighted by molar-refractivity contribution is 5.91. The zero-order valence-electron chi connectivity index (χ0n) is 8.07. The first-order valence-corrected chi connectivity index (χ1v) is 3.92. The summed E-state index contributed by atoms with van der Waals surface area (Å²) in [6.45, 7) is 3.25. The molecule has 1 unspecified atom stereocenters. The molecule has 13 heavy (non-hydrogen) atoms. The predicted molar refractivity (Wildman–Crippen MR) is 48.6 cm³/mol. The third-order valence-electron chi connectivity index (χ3n) is 1.68. The number of aliphatic hydroxyl groups excluding tert-OH is 1. The third kappa shape index (κ3) is 4.49.